The van der Waals surface area contributed by atoms with Gasteiger partial charge in [0.25, 0.3) is 0 Å². The Morgan fingerprint density at radius 2 is 1.52 bits per heavy atom. The molecule has 2 aromatic carbocycles. The van der Waals surface area contributed by atoms with E-state index in [2.05, 4.69) is 6.92 Å². The van der Waals surface area contributed by atoms with Crippen LogP contribution in [0.25, 0.3) is 0 Å². The summed E-state index contributed by atoms with van der Waals surface area (Å²) in [6.45, 7) is 2.07. The van der Waals surface area contributed by atoms with E-state index in [1.54, 1.807) is 4.67 Å². The van der Waals surface area contributed by atoms with Crippen LogP contribution >= 0.6 is 7.29 Å². The third kappa shape index (κ3) is 2.86. The Morgan fingerprint density at radius 1 is 1.00 bits per heavy atom. The van der Waals surface area contributed by atoms with E-state index in [0.29, 0.717) is 6.42 Å². The van der Waals surface area contributed by atoms with Gasteiger partial charge in [-0.25, -0.2) is 0 Å². The molecule has 0 bridgehead atoms. The van der Waals surface area contributed by atoms with E-state index in [0.717, 1.165) is 29.9 Å². The lowest BCUT2D eigenvalue weighted by Crippen LogP contribution is -2.45. The molecule has 0 radical (unpaired) electrons. The van der Waals surface area contributed by atoms with Crippen molar-refractivity contribution in [2.45, 2.75) is 38.6 Å². The minimum absolute atomic E-state index is 0.0131. The largest absolute Gasteiger partial charge is 0.290 e. The van der Waals surface area contributed by atoms with Gasteiger partial charge in [-0.05, 0) is 43.5 Å². The first-order valence-electron chi connectivity index (χ1n) is 8.21. The molecule has 1 heterocycles. The van der Waals surface area contributed by atoms with Crippen molar-refractivity contribution in [2.24, 2.45) is 0 Å². The van der Waals surface area contributed by atoms with Crippen LogP contribution in [0.2, 0.25) is 0 Å². The van der Waals surface area contributed by atoms with E-state index in [1.807, 2.05) is 60.7 Å². The molecular weight excluding hydrogens is 305 g/mol. The first kappa shape index (κ1) is 16.0. The van der Waals surface area contributed by atoms with Gasteiger partial charge in [-0.3, -0.25) is 14.0 Å². The van der Waals surface area contributed by atoms with Crippen LogP contribution in [0, 0.1) is 0 Å². The van der Waals surface area contributed by atoms with Gasteiger partial charge in [-0.1, -0.05) is 43.3 Å². The van der Waals surface area contributed by atoms with Crippen LogP contribution in [0.3, 0.4) is 0 Å². The Balaban J connectivity index is 2.20. The molecule has 1 fully saturated rings. The first-order valence-corrected chi connectivity index (χ1v) is 9.87. The van der Waals surface area contributed by atoms with E-state index in [4.69, 9.17) is 0 Å². The van der Waals surface area contributed by atoms with Crippen LogP contribution in [-0.2, 0) is 9.36 Å². The Morgan fingerprint density at radius 3 is 2.00 bits per heavy atom. The predicted molar refractivity (Wildman–Crippen MR) is 94.5 cm³/mol. The summed E-state index contributed by atoms with van der Waals surface area (Å²) in [5, 5.41) is 1.47. The van der Waals surface area contributed by atoms with Crippen molar-refractivity contribution in [1.82, 2.24) is 4.67 Å². The second-order valence-electron chi connectivity index (χ2n) is 5.94. The highest BCUT2D eigenvalue weighted by Gasteiger charge is 2.42. The third-order valence-electron chi connectivity index (χ3n) is 4.52. The van der Waals surface area contributed by atoms with Crippen molar-refractivity contribution in [1.29, 1.82) is 0 Å². The molecule has 0 spiro atoms. The SMILES string of the molecule is CC[C@H]1CCCC(=O)N1P(=O)(c1ccccc1)c1ccccc1. The van der Waals surface area contributed by atoms with Crippen molar-refractivity contribution < 1.29 is 9.36 Å². The predicted octanol–water partition coefficient (Wildman–Crippen LogP) is 3.71. The number of rotatable bonds is 4. The van der Waals surface area contributed by atoms with E-state index >= 15 is 0 Å². The number of benzene rings is 2. The molecule has 1 aliphatic heterocycles. The van der Waals surface area contributed by atoms with Crippen LogP contribution in [0.4, 0.5) is 0 Å². The zero-order valence-corrected chi connectivity index (χ0v) is 14.3. The Hall–Kier alpha value is -1.86. The Kier molecular flexibility index (Phi) is 4.68. The molecule has 0 unspecified atom stereocenters. The molecule has 1 saturated heterocycles. The summed E-state index contributed by atoms with van der Waals surface area (Å²) < 4.78 is 16.0. The number of carbonyl (C=O) groups is 1. The van der Waals surface area contributed by atoms with Crippen LogP contribution < -0.4 is 10.6 Å². The van der Waals surface area contributed by atoms with Crippen molar-refractivity contribution >= 4 is 23.8 Å². The van der Waals surface area contributed by atoms with Crippen molar-refractivity contribution in [3.05, 3.63) is 60.7 Å². The highest BCUT2D eigenvalue weighted by Crippen LogP contribution is 2.51. The molecule has 4 heteroatoms. The number of amides is 1. The monoisotopic (exact) mass is 327 g/mol. The normalized spacial score (nSPS) is 18.9. The maximum atomic E-state index is 14.3. The summed E-state index contributed by atoms with van der Waals surface area (Å²) >= 11 is 0. The summed E-state index contributed by atoms with van der Waals surface area (Å²) in [7, 11) is -3.14. The van der Waals surface area contributed by atoms with Crippen molar-refractivity contribution in [3.8, 4) is 0 Å². The van der Waals surface area contributed by atoms with Crippen molar-refractivity contribution in [3.63, 3.8) is 0 Å². The van der Waals surface area contributed by atoms with Gasteiger partial charge in [0.2, 0.25) is 13.2 Å². The van der Waals surface area contributed by atoms with E-state index in [-0.39, 0.29) is 11.9 Å². The third-order valence-corrected chi connectivity index (χ3v) is 7.67. The minimum atomic E-state index is -3.14. The summed E-state index contributed by atoms with van der Waals surface area (Å²) in [5.74, 6) is 0.0131. The van der Waals surface area contributed by atoms with E-state index in [9.17, 15) is 9.36 Å². The van der Waals surface area contributed by atoms with Crippen LogP contribution in [-0.4, -0.2) is 16.6 Å². The summed E-state index contributed by atoms with van der Waals surface area (Å²) in [5.41, 5.74) is 0. The average molecular weight is 327 g/mol. The standard InChI is InChI=1S/C19H22NO2P/c1-2-16-10-9-15-19(21)20(16)23(22,17-11-5-3-6-12-17)18-13-7-4-8-14-18/h3-8,11-14,16H,2,9-10,15H2,1H3/t16-/m0/s1. The van der Waals surface area contributed by atoms with Gasteiger partial charge in [0.05, 0.1) is 0 Å². The molecule has 0 aliphatic carbocycles. The highest BCUT2D eigenvalue weighted by molar-refractivity contribution is 7.77. The quantitative estimate of drug-likeness (QED) is 0.803. The second kappa shape index (κ2) is 6.72. The van der Waals surface area contributed by atoms with E-state index in [1.165, 1.54) is 0 Å². The summed E-state index contributed by atoms with van der Waals surface area (Å²) in [6.07, 6.45) is 3.12. The fourth-order valence-electron chi connectivity index (χ4n) is 3.35. The molecule has 0 aromatic heterocycles. The average Bonchev–Trinajstić information content (AvgIpc) is 2.62. The van der Waals surface area contributed by atoms with Crippen molar-refractivity contribution in [2.75, 3.05) is 0 Å². The maximum Gasteiger partial charge on any atom is 0.232 e. The lowest BCUT2D eigenvalue weighted by atomic mass is 10.0. The molecule has 3 rings (SSSR count). The highest BCUT2D eigenvalue weighted by atomic mass is 31.2. The molecule has 120 valence electrons. The van der Waals surface area contributed by atoms with Gasteiger partial charge in [0.15, 0.2) is 0 Å². The number of carbonyl (C=O) groups excluding carboxylic acids is 1. The lowest BCUT2D eigenvalue weighted by Gasteiger charge is -2.41. The maximum absolute atomic E-state index is 14.3. The fraction of sp³-hybridized carbons (Fsp3) is 0.316. The zero-order chi connectivity index (χ0) is 16.3. The number of hydrogen-bond donors (Lipinski definition) is 0. The molecule has 23 heavy (non-hydrogen) atoms. The first-order chi connectivity index (χ1) is 11.2. The van der Waals surface area contributed by atoms with Crippen LogP contribution in [0.15, 0.2) is 60.7 Å². The summed E-state index contributed by atoms with van der Waals surface area (Å²) in [6, 6.07) is 18.9. The fourth-order valence-corrected chi connectivity index (χ4v) is 6.45. The molecule has 0 saturated carbocycles. The van der Waals surface area contributed by atoms with Crippen LogP contribution in [0.1, 0.15) is 32.6 Å². The number of hydrogen-bond acceptors (Lipinski definition) is 2. The van der Waals surface area contributed by atoms with E-state index < -0.39 is 7.29 Å². The molecule has 1 amide bonds. The van der Waals surface area contributed by atoms with Gasteiger partial charge < -0.3 is 0 Å². The van der Waals surface area contributed by atoms with Gasteiger partial charge in [0, 0.05) is 23.1 Å². The second-order valence-corrected chi connectivity index (χ2v) is 8.56. The van der Waals surface area contributed by atoms with Gasteiger partial charge in [-0.2, -0.15) is 0 Å². The van der Waals surface area contributed by atoms with Crippen LogP contribution in [0.5, 0.6) is 0 Å². The Labute approximate surface area is 137 Å². The smallest absolute Gasteiger partial charge is 0.232 e. The number of nitrogens with zero attached hydrogens (tertiary/aromatic N) is 1. The number of piperidine rings is 1. The molecule has 0 N–H and O–H groups in total. The van der Waals surface area contributed by atoms with Gasteiger partial charge in [-0.15, -0.1) is 0 Å². The topological polar surface area (TPSA) is 37.4 Å². The Bertz CT molecular complexity index is 671. The molecule has 1 aliphatic rings. The molecular formula is C19H22NO2P. The van der Waals surface area contributed by atoms with Gasteiger partial charge >= 0.3 is 0 Å². The minimum Gasteiger partial charge on any atom is -0.290 e. The molecule has 1 atom stereocenters. The molecule has 2 aromatic rings. The summed E-state index contributed by atoms with van der Waals surface area (Å²) in [4.78, 5) is 12.7. The lowest BCUT2D eigenvalue weighted by molar-refractivity contribution is -0.130. The molecule has 3 nitrogen and oxygen atoms in total. The van der Waals surface area contributed by atoms with Gasteiger partial charge in [0.1, 0.15) is 0 Å². The zero-order valence-electron chi connectivity index (χ0n) is 13.4.